The second-order valence-corrected chi connectivity index (χ2v) is 7.43. The summed E-state index contributed by atoms with van der Waals surface area (Å²) in [5, 5.41) is 11.1. The molecule has 0 bridgehead atoms. The third-order valence-electron chi connectivity index (χ3n) is 5.04. The van der Waals surface area contributed by atoms with E-state index in [9.17, 15) is 19.7 Å². The van der Waals surface area contributed by atoms with Gasteiger partial charge in [0.1, 0.15) is 0 Å². The van der Waals surface area contributed by atoms with Crippen molar-refractivity contribution in [1.29, 1.82) is 0 Å². The maximum Gasteiger partial charge on any atom is 0.280 e. The van der Waals surface area contributed by atoms with Crippen LogP contribution in [0.25, 0.3) is 22.3 Å². The highest BCUT2D eigenvalue weighted by Gasteiger charge is 2.20. The van der Waals surface area contributed by atoms with Crippen molar-refractivity contribution in [3.8, 4) is 22.9 Å². The second kappa shape index (κ2) is 9.20. The predicted octanol–water partition coefficient (Wildman–Crippen LogP) is 4.03. The van der Waals surface area contributed by atoms with Gasteiger partial charge in [0.15, 0.2) is 17.3 Å². The van der Waals surface area contributed by atoms with Crippen molar-refractivity contribution in [2.75, 3.05) is 19.6 Å². The first-order chi connectivity index (χ1) is 16.3. The Morgan fingerprint density at radius 3 is 2.47 bits per heavy atom. The van der Waals surface area contributed by atoms with E-state index >= 15 is 0 Å². The van der Waals surface area contributed by atoms with Crippen molar-refractivity contribution >= 4 is 34.1 Å². The summed E-state index contributed by atoms with van der Waals surface area (Å²) in [5.74, 6) is 0.262. The SMILES string of the molecule is COc1ccc(-c2nc3ccccc3c(=O)n2NC(=O)c2ccc([N+](=O)[O-])cc2Cl)cc1OC. The Morgan fingerprint density at radius 2 is 1.79 bits per heavy atom. The average Bonchev–Trinajstić information content (AvgIpc) is 2.84. The van der Waals surface area contributed by atoms with E-state index in [-0.39, 0.29) is 27.5 Å². The van der Waals surface area contributed by atoms with Crippen LogP contribution < -0.4 is 20.5 Å². The Labute approximate surface area is 197 Å². The van der Waals surface area contributed by atoms with Crippen molar-refractivity contribution in [1.82, 2.24) is 9.66 Å². The van der Waals surface area contributed by atoms with Gasteiger partial charge in [-0.25, -0.2) is 4.98 Å². The van der Waals surface area contributed by atoms with Crippen molar-refractivity contribution in [3.05, 3.63) is 91.7 Å². The molecule has 0 saturated heterocycles. The summed E-state index contributed by atoms with van der Waals surface area (Å²) in [6.07, 6.45) is 0. The predicted molar refractivity (Wildman–Crippen MR) is 126 cm³/mol. The minimum atomic E-state index is -0.749. The van der Waals surface area contributed by atoms with Gasteiger partial charge in [-0.3, -0.25) is 25.1 Å². The Hall–Kier alpha value is -4.44. The molecule has 0 spiro atoms. The number of methoxy groups -OCH3 is 2. The topological polar surface area (TPSA) is 126 Å². The van der Waals surface area contributed by atoms with Gasteiger partial charge in [-0.2, -0.15) is 4.68 Å². The van der Waals surface area contributed by atoms with Gasteiger partial charge in [0.05, 0.1) is 40.6 Å². The number of benzene rings is 3. The standard InChI is InChI=1S/C23H17ClN4O6/c1-33-19-10-7-13(11-20(19)34-2)21-25-18-6-4-3-5-16(18)23(30)27(21)26-22(29)15-9-8-14(28(31)32)12-17(15)24/h3-12H,1-2H3,(H,26,29). The number of carbonyl (C=O) groups excluding carboxylic acids is 1. The lowest BCUT2D eigenvalue weighted by atomic mass is 10.1. The molecule has 4 rings (SSSR count). The molecule has 1 N–H and O–H groups in total. The number of halogens is 1. The van der Waals surface area contributed by atoms with Gasteiger partial charge in [0.2, 0.25) is 0 Å². The number of amides is 1. The lowest BCUT2D eigenvalue weighted by Gasteiger charge is -2.16. The van der Waals surface area contributed by atoms with Crippen LogP contribution in [0.15, 0.2) is 65.5 Å². The number of non-ortho nitro benzene ring substituents is 1. The van der Waals surface area contributed by atoms with Crippen molar-refractivity contribution in [2.24, 2.45) is 0 Å². The number of rotatable bonds is 6. The second-order valence-electron chi connectivity index (χ2n) is 7.03. The number of nitrogens with one attached hydrogen (secondary N) is 1. The molecule has 0 aliphatic heterocycles. The fraction of sp³-hybridized carbons (Fsp3) is 0.0870. The van der Waals surface area contributed by atoms with E-state index in [4.69, 9.17) is 21.1 Å². The number of ether oxygens (including phenoxy) is 2. The van der Waals surface area contributed by atoms with Gasteiger partial charge in [-0.15, -0.1) is 0 Å². The van der Waals surface area contributed by atoms with Gasteiger partial charge in [-0.05, 0) is 36.4 Å². The van der Waals surface area contributed by atoms with Gasteiger partial charge >= 0.3 is 0 Å². The third-order valence-corrected chi connectivity index (χ3v) is 5.35. The summed E-state index contributed by atoms with van der Waals surface area (Å²) in [5.41, 5.74) is 2.57. The molecular formula is C23H17ClN4O6. The highest BCUT2D eigenvalue weighted by molar-refractivity contribution is 6.34. The Kier molecular flexibility index (Phi) is 6.15. The first kappa shape index (κ1) is 22.7. The Balaban J connectivity index is 1.87. The molecular weight excluding hydrogens is 464 g/mol. The van der Waals surface area contributed by atoms with Crippen LogP contribution in [0.2, 0.25) is 5.02 Å². The lowest BCUT2D eigenvalue weighted by Crippen LogP contribution is -2.35. The van der Waals surface area contributed by atoms with Crippen LogP contribution in [0, 0.1) is 10.1 Å². The highest BCUT2D eigenvalue weighted by atomic mass is 35.5. The van der Waals surface area contributed by atoms with E-state index in [0.717, 1.165) is 16.8 Å². The van der Waals surface area contributed by atoms with Crippen molar-refractivity contribution in [2.45, 2.75) is 0 Å². The van der Waals surface area contributed by atoms with Gasteiger partial charge in [0, 0.05) is 17.7 Å². The zero-order chi connectivity index (χ0) is 24.4. The summed E-state index contributed by atoms with van der Waals surface area (Å²) < 4.78 is 11.6. The van der Waals surface area contributed by atoms with Crippen LogP contribution in [0.1, 0.15) is 10.4 Å². The summed E-state index contributed by atoms with van der Waals surface area (Å²) in [7, 11) is 2.97. The fourth-order valence-electron chi connectivity index (χ4n) is 3.37. The number of nitro groups is 1. The van der Waals surface area contributed by atoms with E-state index in [1.165, 1.54) is 20.3 Å². The maximum absolute atomic E-state index is 13.3. The van der Waals surface area contributed by atoms with E-state index < -0.39 is 16.4 Å². The fourth-order valence-corrected chi connectivity index (χ4v) is 3.63. The molecule has 3 aromatic carbocycles. The largest absolute Gasteiger partial charge is 0.493 e. The first-order valence-corrected chi connectivity index (χ1v) is 10.2. The van der Waals surface area contributed by atoms with Crippen LogP contribution in [0.3, 0.4) is 0 Å². The normalized spacial score (nSPS) is 10.7. The molecule has 11 heteroatoms. The van der Waals surface area contributed by atoms with E-state index in [0.29, 0.717) is 22.6 Å². The monoisotopic (exact) mass is 480 g/mol. The summed E-state index contributed by atoms with van der Waals surface area (Å²) in [6.45, 7) is 0. The van der Waals surface area contributed by atoms with E-state index in [1.54, 1.807) is 42.5 Å². The molecule has 0 aliphatic rings. The first-order valence-electron chi connectivity index (χ1n) is 9.83. The molecule has 0 atom stereocenters. The maximum atomic E-state index is 13.3. The van der Waals surface area contributed by atoms with E-state index in [1.807, 2.05) is 0 Å². The summed E-state index contributed by atoms with van der Waals surface area (Å²) in [6, 6.07) is 15.1. The Morgan fingerprint density at radius 1 is 1.06 bits per heavy atom. The molecule has 0 aliphatic carbocycles. The molecule has 0 fully saturated rings. The zero-order valence-corrected chi connectivity index (χ0v) is 18.7. The highest BCUT2D eigenvalue weighted by Crippen LogP contribution is 2.32. The number of para-hydroxylation sites is 1. The minimum Gasteiger partial charge on any atom is -0.493 e. The van der Waals surface area contributed by atoms with Crippen LogP contribution in [-0.4, -0.2) is 34.7 Å². The molecule has 0 unspecified atom stereocenters. The Bertz CT molecular complexity index is 1500. The summed E-state index contributed by atoms with van der Waals surface area (Å²) >= 11 is 6.10. The number of aromatic nitrogens is 2. The number of nitro benzene ring substituents is 1. The molecule has 1 heterocycles. The smallest absolute Gasteiger partial charge is 0.280 e. The quantitative estimate of drug-likeness (QED) is 0.326. The average molecular weight is 481 g/mol. The van der Waals surface area contributed by atoms with Crippen molar-refractivity contribution in [3.63, 3.8) is 0 Å². The minimum absolute atomic E-state index is 0.0504. The number of carbonyl (C=O) groups is 1. The lowest BCUT2D eigenvalue weighted by molar-refractivity contribution is -0.384. The zero-order valence-electron chi connectivity index (χ0n) is 17.9. The molecule has 34 heavy (non-hydrogen) atoms. The molecule has 1 aromatic heterocycles. The number of hydrogen-bond donors (Lipinski definition) is 1. The van der Waals surface area contributed by atoms with Crippen LogP contribution in [0.5, 0.6) is 11.5 Å². The molecule has 10 nitrogen and oxygen atoms in total. The van der Waals surface area contributed by atoms with E-state index in [2.05, 4.69) is 10.4 Å². The molecule has 0 radical (unpaired) electrons. The van der Waals surface area contributed by atoms with Crippen molar-refractivity contribution < 1.29 is 19.2 Å². The molecule has 172 valence electrons. The molecule has 1 amide bonds. The van der Waals surface area contributed by atoms with Gasteiger partial charge < -0.3 is 9.47 Å². The summed E-state index contributed by atoms with van der Waals surface area (Å²) in [4.78, 5) is 41.3. The number of fused-ring (bicyclic) bond motifs is 1. The van der Waals surface area contributed by atoms with Crippen LogP contribution in [0.4, 0.5) is 5.69 Å². The third kappa shape index (κ3) is 4.14. The van der Waals surface area contributed by atoms with Crippen LogP contribution in [-0.2, 0) is 0 Å². The number of nitrogens with zero attached hydrogens (tertiary/aromatic N) is 3. The van der Waals surface area contributed by atoms with Gasteiger partial charge in [0.25, 0.3) is 17.2 Å². The van der Waals surface area contributed by atoms with Crippen LogP contribution >= 0.6 is 11.6 Å². The number of hydrogen-bond acceptors (Lipinski definition) is 7. The van der Waals surface area contributed by atoms with Gasteiger partial charge in [-0.1, -0.05) is 23.7 Å². The molecule has 0 saturated carbocycles. The molecule has 4 aromatic rings.